The summed E-state index contributed by atoms with van der Waals surface area (Å²) in [6.45, 7) is 2.00. The van der Waals surface area contributed by atoms with Crippen LogP contribution in [0.15, 0.2) is 42.5 Å². The molecule has 0 N–H and O–H groups in total. The van der Waals surface area contributed by atoms with Crippen LogP contribution in [-0.2, 0) is 19.3 Å². The molecule has 170 valence electrons. The van der Waals surface area contributed by atoms with E-state index in [2.05, 4.69) is 11.8 Å². The minimum Gasteiger partial charge on any atom is -0.205 e. The number of benzene rings is 3. The number of halogens is 5. The van der Waals surface area contributed by atoms with Gasteiger partial charge in [-0.3, -0.25) is 0 Å². The number of hydrogen-bond donors (Lipinski definition) is 0. The lowest BCUT2D eigenvalue weighted by Gasteiger charge is -2.26. The van der Waals surface area contributed by atoms with E-state index < -0.39 is 29.1 Å². The number of unbranched alkanes of at least 4 members (excludes halogenated alkanes) is 1. The summed E-state index contributed by atoms with van der Waals surface area (Å²) in [5, 5.41) is 0. The first-order chi connectivity index (χ1) is 15.9. The van der Waals surface area contributed by atoms with Gasteiger partial charge in [0, 0.05) is 0 Å². The quantitative estimate of drug-likeness (QED) is 0.285. The Kier molecular flexibility index (Phi) is 6.83. The first kappa shape index (κ1) is 23.0. The summed E-state index contributed by atoms with van der Waals surface area (Å²) >= 11 is 0. The fraction of sp³-hybridized carbons (Fsp3) is 0.286. The van der Waals surface area contributed by atoms with Crippen molar-refractivity contribution in [2.45, 2.75) is 51.4 Å². The Morgan fingerprint density at radius 1 is 0.818 bits per heavy atom. The molecule has 0 spiro atoms. The second-order valence-electron chi connectivity index (χ2n) is 8.40. The van der Waals surface area contributed by atoms with E-state index in [1.165, 1.54) is 18.2 Å². The standard InChI is InChI=1S/C28H23F5/c1-2-3-5-18-12-14-23(28(33)27(18)32)21-13-15-22-20(16-21)11-10-19(25(22)30)9-8-17-6-4-7-24(29)26(17)31/h4,6-7,10-12,14,21H,2-3,5,13,15-16H2,1H3. The van der Waals surface area contributed by atoms with E-state index in [0.717, 1.165) is 24.5 Å². The van der Waals surface area contributed by atoms with Crippen molar-refractivity contribution in [1.82, 2.24) is 0 Å². The van der Waals surface area contributed by atoms with E-state index in [1.807, 2.05) is 6.92 Å². The van der Waals surface area contributed by atoms with Gasteiger partial charge in [0.05, 0.1) is 11.1 Å². The molecule has 0 fully saturated rings. The molecule has 1 atom stereocenters. The summed E-state index contributed by atoms with van der Waals surface area (Å²) in [5.41, 5.74) is 1.86. The second kappa shape index (κ2) is 9.79. The number of aryl methyl sites for hydroxylation is 1. The molecule has 0 nitrogen and oxygen atoms in total. The monoisotopic (exact) mass is 454 g/mol. The van der Waals surface area contributed by atoms with E-state index in [4.69, 9.17) is 0 Å². The third-order valence-electron chi connectivity index (χ3n) is 6.26. The maximum atomic E-state index is 15.1. The van der Waals surface area contributed by atoms with Crippen LogP contribution in [0.2, 0.25) is 0 Å². The van der Waals surface area contributed by atoms with Gasteiger partial charge in [-0.2, -0.15) is 0 Å². The van der Waals surface area contributed by atoms with Gasteiger partial charge in [-0.1, -0.05) is 49.5 Å². The van der Waals surface area contributed by atoms with Crippen molar-refractivity contribution in [2.24, 2.45) is 0 Å². The zero-order chi connectivity index (χ0) is 23.5. The van der Waals surface area contributed by atoms with E-state index >= 15 is 4.39 Å². The average Bonchev–Trinajstić information content (AvgIpc) is 2.82. The highest BCUT2D eigenvalue weighted by Gasteiger charge is 2.27. The fourth-order valence-electron chi connectivity index (χ4n) is 4.39. The van der Waals surface area contributed by atoms with Crippen LogP contribution in [-0.4, -0.2) is 0 Å². The molecule has 1 aliphatic rings. The number of hydrogen-bond acceptors (Lipinski definition) is 0. The summed E-state index contributed by atoms with van der Waals surface area (Å²) in [7, 11) is 0. The van der Waals surface area contributed by atoms with Crippen molar-refractivity contribution in [1.29, 1.82) is 0 Å². The predicted molar refractivity (Wildman–Crippen MR) is 118 cm³/mol. The van der Waals surface area contributed by atoms with Crippen LogP contribution in [0.4, 0.5) is 22.0 Å². The van der Waals surface area contributed by atoms with Crippen molar-refractivity contribution >= 4 is 0 Å². The normalized spacial score (nSPS) is 15.0. The Bertz CT molecular complexity index is 1250. The van der Waals surface area contributed by atoms with Crippen molar-refractivity contribution in [2.75, 3.05) is 0 Å². The highest BCUT2D eigenvalue weighted by molar-refractivity contribution is 5.48. The Hall–Kier alpha value is -3.13. The van der Waals surface area contributed by atoms with Crippen molar-refractivity contribution in [3.8, 4) is 11.8 Å². The van der Waals surface area contributed by atoms with Crippen LogP contribution in [0, 0.1) is 40.9 Å². The molecule has 0 amide bonds. The largest absolute Gasteiger partial charge is 0.205 e. The molecule has 4 rings (SSSR count). The minimum absolute atomic E-state index is 0.0911. The molecule has 0 aliphatic heterocycles. The average molecular weight is 454 g/mol. The van der Waals surface area contributed by atoms with E-state index in [9.17, 15) is 17.6 Å². The highest BCUT2D eigenvalue weighted by Crippen LogP contribution is 2.36. The van der Waals surface area contributed by atoms with Gasteiger partial charge in [-0.25, -0.2) is 22.0 Å². The van der Waals surface area contributed by atoms with Crippen LogP contribution < -0.4 is 0 Å². The van der Waals surface area contributed by atoms with Crippen LogP contribution in [0.3, 0.4) is 0 Å². The third-order valence-corrected chi connectivity index (χ3v) is 6.26. The van der Waals surface area contributed by atoms with Crippen LogP contribution in [0.5, 0.6) is 0 Å². The van der Waals surface area contributed by atoms with Gasteiger partial charge in [0.2, 0.25) is 0 Å². The Morgan fingerprint density at radius 2 is 1.58 bits per heavy atom. The first-order valence-corrected chi connectivity index (χ1v) is 11.1. The summed E-state index contributed by atoms with van der Waals surface area (Å²) in [4.78, 5) is 0. The Morgan fingerprint density at radius 3 is 2.33 bits per heavy atom. The molecule has 1 unspecified atom stereocenters. The maximum absolute atomic E-state index is 15.1. The van der Waals surface area contributed by atoms with Crippen molar-refractivity contribution in [3.63, 3.8) is 0 Å². The van der Waals surface area contributed by atoms with Gasteiger partial charge < -0.3 is 0 Å². The zero-order valence-corrected chi connectivity index (χ0v) is 18.3. The smallest absolute Gasteiger partial charge is 0.174 e. The Labute approximate surface area is 190 Å². The van der Waals surface area contributed by atoms with Crippen molar-refractivity contribution < 1.29 is 22.0 Å². The molecule has 0 aromatic heterocycles. The molecule has 1 aliphatic carbocycles. The van der Waals surface area contributed by atoms with Gasteiger partial charge in [0.15, 0.2) is 23.3 Å². The van der Waals surface area contributed by atoms with Crippen LogP contribution >= 0.6 is 0 Å². The zero-order valence-electron chi connectivity index (χ0n) is 18.3. The number of fused-ring (bicyclic) bond motifs is 1. The molecule has 3 aromatic carbocycles. The lowest BCUT2D eigenvalue weighted by atomic mass is 9.79. The molecule has 33 heavy (non-hydrogen) atoms. The fourth-order valence-corrected chi connectivity index (χ4v) is 4.39. The van der Waals surface area contributed by atoms with Gasteiger partial charge in [-0.05, 0) is 78.5 Å². The van der Waals surface area contributed by atoms with Gasteiger partial charge in [-0.15, -0.1) is 0 Å². The molecular weight excluding hydrogens is 431 g/mol. The molecule has 5 heteroatoms. The number of rotatable bonds is 4. The van der Waals surface area contributed by atoms with Gasteiger partial charge in [0.25, 0.3) is 0 Å². The van der Waals surface area contributed by atoms with Crippen LogP contribution in [0.1, 0.15) is 65.5 Å². The van der Waals surface area contributed by atoms with E-state index in [-0.39, 0.29) is 17.0 Å². The summed E-state index contributed by atoms with van der Waals surface area (Å²) in [6, 6.07) is 10.2. The topological polar surface area (TPSA) is 0 Å². The predicted octanol–water partition coefficient (Wildman–Crippen LogP) is 7.40. The lowest BCUT2D eigenvalue weighted by molar-refractivity contribution is 0.463. The summed E-state index contributed by atoms with van der Waals surface area (Å²) < 4.78 is 71.5. The van der Waals surface area contributed by atoms with E-state index in [0.29, 0.717) is 42.4 Å². The highest BCUT2D eigenvalue weighted by atomic mass is 19.2. The second-order valence-corrected chi connectivity index (χ2v) is 8.40. The lowest BCUT2D eigenvalue weighted by Crippen LogP contribution is -2.17. The molecule has 0 radical (unpaired) electrons. The third kappa shape index (κ3) is 4.66. The Balaban J connectivity index is 1.58. The molecular formula is C28H23F5. The van der Waals surface area contributed by atoms with Gasteiger partial charge >= 0.3 is 0 Å². The molecule has 0 heterocycles. The molecule has 0 saturated carbocycles. The first-order valence-electron chi connectivity index (χ1n) is 11.1. The summed E-state index contributed by atoms with van der Waals surface area (Å²) in [6.07, 6.45) is 3.42. The SMILES string of the molecule is CCCCc1ccc(C2CCc3c(ccc(C#Cc4cccc(F)c4F)c3F)C2)c(F)c1F. The minimum atomic E-state index is -1.07. The van der Waals surface area contributed by atoms with Gasteiger partial charge in [0.1, 0.15) is 5.82 Å². The van der Waals surface area contributed by atoms with Crippen LogP contribution in [0.25, 0.3) is 0 Å². The molecule has 3 aromatic rings. The maximum Gasteiger partial charge on any atom is 0.174 e. The van der Waals surface area contributed by atoms with E-state index in [1.54, 1.807) is 18.2 Å². The van der Waals surface area contributed by atoms with Crippen molar-refractivity contribution in [3.05, 3.63) is 105 Å². The molecule has 0 bridgehead atoms. The molecule has 0 saturated heterocycles. The summed E-state index contributed by atoms with van der Waals surface area (Å²) in [5.74, 6) is 0.656.